The molecule has 3 aliphatic rings. The van der Waals surface area contributed by atoms with Crippen molar-refractivity contribution in [2.45, 2.75) is 31.8 Å². The Hall–Kier alpha value is -2.29. The first-order valence-corrected chi connectivity index (χ1v) is 7.44. The summed E-state index contributed by atoms with van der Waals surface area (Å²) in [6.45, 7) is 0.574. The smallest absolute Gasteiger partial charge is 0.460 e. The van der Waals surface area contributed by atoms with Crippen LogP contribution in [0.2, 0.25) is 0 Å². The van der Waals surface area contributed by atoms with Gasteiger partial charge in [0.1, 0.15) is 12.0 Å². The van der Waals surface area contributed by atoms with Crippen LogP contribution in [0.3, 0.4) is 0 Å². The lowest BCUT2D eigenvalue weighted by atomic mass is 9.90. The van der Waals surface area contributed by atoms with Gasteiger partial charge in [0.05, 0.1) is 0 Å². The third-order valence-corrected chi connectivity index (χ3v) is 4.04. The minimum atomic E-state index is -4.77. The van der Waals surface area contributed by atoms with Gasteiger partial charge in [0.25, 0.3) is 6.17 Å². The second-order valence-corrected chi connectivity index (χ2v) is 5.86. The van der Waals surface area contributed by atoms with Gasteiger partial charge >= 0.3 is 6.36 Å². The van der Waals surface area contributed by atoms with Crippen molar-refractivity contribution in [3.05, 3.63) is 40.1 Å². The molecule has 1 saturated heterocycles. The van der Waals surface area contributed by atoms with E-state index in [0.29, 0.717) is 30.7 Å². The lowest BCUT2D eigenvalue weighted by Gasteiger charge is -2.24. The zero-order valence-corrected chi connectivity index (χ0v) is 12.5. The summed E-state index contributed by atoms with van der Waals surface area (Å²) in [4.78, 5) is 10.5. The Morgan fingerprint density at radius 1 is 1.38 bits per heavy atom. The molecule has 2 unspecified atom stereocenters. The first kappa shape index (κ1) is 16.6. The van der Waals surface area contributed by atoms with Gasteiger partial charge in [-0.2, -0.15) is 0 Å². The van der Waals surface area contributed by atoms with E-state index in [1.54, 1.807) is 12.1 Å². The minimum Gasteiger partial charge on any atom is -0.460 e. The van der Waals surface area contributed by atoms with Crippen LogP contribution < -0.4 is 10.1 Å². The average molecular weight is 344 g/mol. The topological polar surface area (TPSA) is 77.5 Å². The molecule has 0 radical (unpaired) electrons. The van der Waals surface area contributed by atoms with E-state index in [1.807, 2.05) is 0 Å². The molecule has 9 heteroatoms. The van der Waals surface area contributed by atoms with Crippen molar-refractivity contribution in [3.63, 3.8) is 0 Å². The van der Waals surface area contributed by atoms with E-state index in [-0.39, 0.29) is 10.8 Å². The molecule has 2 aliphatic heterocycles. The molecule has 24 heavy (non-hydrogen) atoms. The van der Waals surface area contributed by atoms with Crippen molar-refractivity contribution >= 4 is 0 Å². The summed E-state index contributed by atoms with van der Waals surface area (Å²) >= 11 is 0. The molecule has 2 heterocycles. The fraction of sp³-hybridized carbons (Fsp3) is 0.467. The third kappa shape index (κ3) is 3.97. The van der Waals surface area contributed by atoms with Gasteiger partial charge in [-0.3, -0.25) is 15.4 Å². The molecule has 0 spiro atoms. The molecular weight excluding hydrogens is 329 g/mol. The number of rotatable bonds is 4. The van der Waals surface area contributed by atoms with Gasteiger partial charge in [-0.1, -0.05) is 0 Å². The van der Waals surface area contributed by atoms with Crippen LogP contribution in [0.25, 0.3) is 11.3 Å². The highest BCUT2D eigenvalue weighted by Crippen LogP contribution is 2.34. The molecule has 0 amide bonds. The van der Waals surface area contributed by atoms with Crippen molar-refractivity contribution in [2.75, 3.05) is 6.54 Å². The van der Waals surface area contributed by atoms with E-state index in [1.165, 1.54) is 6.07 Å². The van der Waals surface area contributed by atoms with Gasteiger partial charge in [0.2, 0.25) is 0 Å². The van der Waals surface area contributed by atoms with Gasteiger partial charge in [-0.15, -0.1) is 13.2 Å². The van der Waals surface area contributed by atoms with Crippen molar-refractivity contribution < 1.29 is 27.2 Å². The van der Waals surface area contributed by atoms with Crippen LogP contribution in [-0.4, -0.2) is 24.0 Å². The lowest BCUT2D eigenvalue weighted by Crippen LogP contribution is -2.43. The molecule has 1 aliphatic carbocycles. The predicted octanol–water partition coefficient (Wildman–Crippen LogP) is 3.43. The standard InChI is InChI=1S/C15H15F3N2O4/c16-15(17,18)24-12-7-11-4-10(5-13(11)23-8-12)3-9-1-2-19-14(6-9)20(21)22/h4-5,7-9,14,19H,1-3,6H2. The van der Waals surface area contributed by atoms with Gasteiger partial charge in [-0.25, -0.2) is 0 Å². The minimum absolute atomic E-state index is 0.143. The molecule has 1 N–H and O–H groups in total. The van der Waals surface area contributed by atoms with Crippen LogP contribution in [0.5, 0.6) is 5.75 Å². The Kier molecular flexibility index (Phi) is 4.35. The fourth-order valence-corrected chi connectivity index (χ4v) is 3.04. The number of nitrogens with zero attached hydrogens (tertiary/aromatic N) is 1. The summed E-state index contributed by atoms with van der Waals surface area (Å²) in [5.41, 5.74) is 1.39. The summed E-state index contributed by atoms with van der Waals surface area (Å²) in [6.07, 6.45) is -2.76. The van der Waals surface area contributed by atoms with E-state index in [9.17, 15) is 23.3 Å². The maximum atomic E-state index is 12.2. The predicted molar refractivity (Wildman–Crippen MR) is 77.2 cm³/mol. The number of nitro groups is 1. The van der Waals surface area contributed by atoms with Crippen LogP contribution in [0.1, 0.15) is 18.4 Å². The number of ether oxygens (including phenoxy) is 1. The summed E-state index contributed by atoms with van der Waals surface area (Å²) in [5.74, 6) is 0.186. The normalized spacial score (nSPS) is 21.8. The molecule has 1 fully saturated rings. The summed E-state index contributed by atoms with van der Waals surface area (Å²) < 4.78 is 45.7. The van der Waals surface area contributed by atoms with Crippen LogP contribution in [-0.2, 0) is 6.42 Å². The number of hydrogen-bond acceptors (Lipinski definition) is 5. The van der Waals surface area contributed by atoms with Gasteiger partial charge in [0.15, 0.2) is 5.75 Å². The largest absolute Gasteiger partial charge is 0.573 e. The van der Waals surface area contributed by atoms with Gasteiger partial charge < -0.3 is 9.15 Å². The zero-order valence-electron chi connectivity index (χ0n) is 12.5. The number of fused-ring (bicyclic) bond motifs is 1. The molecule has 0 aromatic rings. The van der Waals surface area contributed by atoms with Gasteiger partial charge in [0, 0.05) is 23.5 Å². The number of halogens is 3. The van der Waals surface area contributed by atoms with Crippen molar-refractivity contribution in [1.82, 2.24) is 5.32 Å². The first-order chi connectivity index (χ1) is 11.3. The lowest BCUT2D eigenvalue weighted by molar-refractivity contribution is -0.533. The van der Waals surface area contributed by atoms with E-state index in [0.717, 1.165) is 18.2 Å². The van der Waals surface area contributed by atoms with Crippen LogP contribution in [0, 0.1) is 16.0 Å². The first-order valence-electron chi connectivity index (χ1n) is 7.44. The highest BCUT2D eigenvalue weighted by molar-refractivity contribution is 5.64. The maximum Gasteiger partial charge on any atom is 0.573 e. The number of nitrogens with one attached hydrogen (secondary N) is 1. The quantitative estimate of drug-likeness (QED) is 0.679. The average Bonchev–Trinajstić information content (AvgIpc) is 2.87. The van der Waals surface area contributed by atoms with Crippen LogP contribution in [0.4, 0.5) is 13.2 Å². The Morgan fingerprint density at radius 2 is 2.17 bits per heavy atom. The molecule has 0 aromatic carbocycles. The number of piperidine rings is 1. The van der Waals surface area contributed by atoms with Crippen molar-refractivity contribution in [2.24, 2.45) is 5.92 Å². The second-order valence-electron chi connectivity index (χ2n) is 5.86. The molecule has 3 rings (SSSR count). The Balaban J connectivity index is 1.72. The molecule has 6 nitrogen and oxygen atoms in total. The highest BCUT2D eigenvalue weighted by Gasteiger charge is 2.32. The highest BCUT2D eigenvalue weighted by atomic mass is 19.4. The third-order valence-electron chi connectivity index (χ3n) is 4.04. The van der Waals surface area contributed by atoms with Crippen LogP contribution in [0.15, 0.2) is 28.9 Å². The molecule has 130 valence electrons. The molecule has 2 atom stereocenters. The molecule has 0 bridgehead atoms. The Morgan fingerprint density at radius 3 is 2.88 bits per heavy atom. The van der Waals surface area contributed by atoms with Crippen molar-refractivity contribution in [1.29, 1.82) is 0 Å². The number of hydrogen-bond donors (Lipinski definition) is 1. The summed E-state index contributed by atoms with van der Waals surface area (Å²) in [6, 6.07) is 4.74. The molecular formula is C15H15F3N2O4. The number of alkyl halides is 3. The monoisotopic (exact) mass is 344 g/mol. The SMILES string of the molecule is O=[N+]([O-])C1CC(Cc2cc3cc(OC(F)(F)F)coc-3c2)CCN1. The van der Waals surface area contributed by atoms with E-state index >= 15 is 0 Å². The molecule has 0 aromatic heterocycles. The molecule has 0 saturated carbocycles. The zero-order chi connectivity index (χ0) is 17.3. The van der Waals surface area contributed by atoms with E-state index < -0.39 is 18.3 Å². The van der Waals surface area contributed by atoms with E-state index in [2.05, 4.69) is 10.1 Å². The van der Waals surface area contributed by atoms with Crippen LogP contribution >= 0.6 is 0 Å². The maximum absolute atomic E-state index is 12.2. The summed E-state index contributed by atoms with van der Waals surface area (Å²) in [5, 5.41) is 13.7. The van der Waals surface area contributed by atoms with Gasteiger partial charge in [-0.05, 0) is 42.5 Å². The van der Waals surface area contributed by atoms with Crippen molar-refractivity contribution in [3.8, 4) is 17.1 Å². The Labute approximate surface area is 135 Å². The Bertz CT molecular complexity index is 701. The van der Waals surface area contributed by atoms with E-state index in [4.69, 9.17) is 4.42 Å². The fourth-order valence-electron chi connectivity index (χ4n) is 3.04. The summed E-state index contributed by atoms with van der Waals surface area (Å²) in [7, 11) is 0. The second kappa shape index (κ2) is 6.31.